The molecule has 5 heteroatoms. The second kappa shape index (κ2) is 22.5. The fraction of sp³-hybridized carbons (Fsp3) is 0.719. The standard InChI is InChI=1S/C22H41N3.C8H6.C2H4O2/c1-4-5-6-7-8-9-13-16-20-23-21(25-22(2,3)24-20)18-17-19-14-11-10-12-15-19;1-3-5-7-8-6-4-2;1-2(3)4/h19H,4-18H2,1-3H3,(H,23,24,25);1-2H3;1H3,(H,3,4). The predicted molar refractivity (Wildman–Crippen MR) is 158 cm³/mol. The van der Waals surface area contributed by atoms with E-state index in [2.05, 4.69) is 61.6 Å². The largest absolute Gasteiger partial charge is 0.481 e. The van der Waals surface area contributed by atoms with Gasteiger partial charge in [0, 0.05) is 19.8 Å². The van der Waals surface area contributed by atoms with Gasteiger partial charge in [-0.2, -0.15) is 0 Å². The molecule has 0 amide bonds. The Morgan fingerprint density at radius 3 is 2.00 bits per heavy atom. The van der Waals surface area contributed by atoms with Crippen LogP contribution in [0.1, 0.15) is 138 Å². The average Bonchev–Trinajstić information content (AvgIpc) is 2.85. The van der Waals surface area contributed by atoms with Gasteiger partial charge in [-0.05, 0) is 70.1 Å². The Morgan fingerprint density at radius 1 is 0.919 bits per heavy atom. The summed E-state index contributed by atoms with van der Waals surface area (Å²) in [4.78, 5) is 18.7. The van der Waals surface area contributed by atoms with Crippen LogP contribution in [0.25, 0.3) is 0 Å². The lowest BCUT2D eigenvalue weighted by Gasteiger charge is -2.29. The van der Waals surface area contributed by atoms with Crippen LogP contribution in [0.2, 0.25) is 0 Å². The number of carboxylic acid groups (broad SMARTS) is 1. The molecule has 0 bridgehead atoms. The van der Waals surface area contributed by atoms with Crippen LogP contribution in [0.15, 0.2) is 9.98 Å². The third kappa shape index (κ3) is 22.2. The highest BCUT2D eigenvalue weighted by atomic mass is 16.4. The van der Waals surface area contributed by atoms with E-state index in [0.717, 1.165) is 31.5 Å². The first-order chi connectivity index (χ1) is 17.7. The van der Waals surface area contributed by atoms with Crippen LogP contribution in [0, 0.1) is 41.4 Å². The van der Waals surface area contributed by atoms with E-state index >= 15 is 0 Å². The van der Waals surface area contributed by atoms with Crippen molar-refractivity contribution in [2.45, 2.75) is 144 Å². The Balaban J connectivity index is 0.000000900. The molecule has 0 atom stereocenters. The molecule has 2 rings (SSSR count). The summed E-state index contributed by atoms with van der Waals surface area (Å²) in [6.07, 6.45) is 20.0. The molecule has 1 aliphatic heterocycles. The molecule has 5 nitrogen and oxygen atoms in total. The zero-order valence-corrected chi connectivity index (χ0v) is 24.4. The van der Waals surface area contributed by atoms with Crippen molar-refractivity contribution in [3.8, 4) is 35.5 Å². The van der Waals surface area contributed by atoms with Gasteiger partial charge in [0.1, 0.15) is 17.3 Å². The number of carboxylic acids is 1. The van der Waals surface area contributed by atoms with Crippen molar-refractivity contribution in [2.24, 2.45) is 15.9 Å². The van der Waals surface area contributed by atoms with E-state index in [4.69, 9.17) is 19.9 Å². The summed E-state index contributed by atoms with van der Waals surface area (Å²) < 4.78 is 0. The van der Waals surface area contributed by atoms with Gasteiger partial charge in [0.15, 0.2) is 0 Å². The summed E-state index contributed by atoms with van der Waals surface area (Å²) in [7, 11) is 0. The van der Waals surface area contributed by atoms with E-state index in [1.165, 1.54) is 89.3 Å². The van der Waals surface area contributed by atoms with Crippen molar-refractivity contribution in [3.05, 3.63) is 0 Å². The minimum absolute atomic E-state index is 0.180. The molecule has 0 aromatic heterocycles. The van der Waals surface area contributed by atoms with Gasteiger partial charge in [-0.15, -0.1) is 0 Å². The van der Waals surface area contributed by atoms with Crippen LogP contribution in [0.5, 0.6) is 0 Å². The molecule has 0 aromatic rings. The van der Waals surface area contributed by atoms with Crippen molar-refractivity contribution in [3.63, 3.8) is 0 Å². The van der Waals surface area contributed by atoms with Gasteiger partial charge in [-0.3, -0.25) is 4.79 Å². The highest BCUT2D eigenvalue weighted by Gasteiger charge is 2.24. The third-order valence-electron chi connectivity index (χ3n) is 6.08. The van der Waals surface area contributed by atoms with Gasteiger partial charge < -0.3 is 10.4 Å². The summed E-state index contributed by atoms with van der Waals surface area (Å²) in [6, 6.07) is 0. The molecule has 206 valence electrons. The zero-order valence-electron chi connectivity index (χ0n) is 24.4. The van der Waals surface area contributed by atoms with Crippen molar-refractivity contribution < 1.29 is 9.90 Å². The molecule has 0 radical (unpaired) electrons. The number of nitrogens with one attached hydrogen (secondary N) is 1. The first-order valence-corrected chi connectivity index (χ1v) is 14.2. The van der Waals surface area contributed by atoms with Crippen molar-refractivity contribution in [1.29, 1.82) is 0 Å². The first-order valence-electron chi connectivity index (χ1n) is 14.2. The van der Waals surface area contributed by atoms with E-state index in [0.29, 0.717) is 0 Å². The maximum atomic E-state index is 9.00. The summed E-state index contributed by atoms with van der Waals surface area (Å²) in [5, 5.41) is 11.0. The van der Waals surface area contributed by atoms with Gasteiger partial charge in [0.25, 0.3) is 5.97 Å². The molecule has 0 unspecified atom stereocenters. The van der Waals surface area contributed by atoms with Crippen LogP contribution in [-0.2, 0) is 4.79 Å². The summed E-state index contributed by atoms with van der Waals surface area (Å²) >= 11 is 0. The molecule has 2 aliphatic rings. The molecule has 1 fully saturated rings. The number of rotatable bonds is 11. The predicted octanol–water partition coefficient (Wildman–Crippen LogP) is 7.75. The third-order valence-corrected chi connectivity index (χ3v) is 6.08. The number of hydrogen-bond acceptors (Lipinski definition) is 4. The summed E-state index contributed by atoms with van der Waals surface area (Å²) in [6.45, 7) is 11.2. The van der Waals surface area contributed by atoms with E-state index in [9.17, 15) is 0 Å². The minimum atomic E-state index is -0.833. The smallest absolute Gasteiger partial charge is 0.300 e. The van der Waals surface area contributed by atoms with Gasteiger partial charge in [0.05, 0.1) is 0 Å². The van der Waals surface area contributed by atoms with Gasteiger partial charge in [0.2, 0.25) is 0 Å². The Bertz CT molecular complexity index is 848. The number of unbranched alkanes of at least 4 members (excludes halogenated alkanes) is 6. The van der Waals surface area contributed by atoms with Crippen molar-refractivity contribution >= 4 is 17.6 Å². The normalized spacial score (nSPS) is 15.5. The van der Waals surface area contributed by atoms with Crippen molar-refractivity contribution in [2.75, 3.05) is 0 Å². The topological polar surface area (TPSA) is 74.0 Å². The molecular weight excluding hydrogens is 458 g/mol. The van der Waals surface area contributed by atoms with Crippen LogP contribution < -0.4 is 5.32 Å². The van der Waals surface area contributed by atoms with Crippen LogP contribution in [-0.4, -0.2) is 28.4 Å². The number of hydrogen-bond donors (Lipinski definition) is 2. The maximum absolute atomic E-state index is 9.00. The summed E-state index contributed by atoms with van der Waals surface area (Å²) in [5.74, 6) is 17.9. The lowest BCUT2D eigenvalue weighted by Crippen LogP contribution is -2.45. The Morgan fingerprint density at radius 2 is 1.46 bits per heavy atom. The molecule has 37 heavy (non-hydrogen) atoms. The monoisotopic (exact) mass is 509 g/mol. The van der Waals surface area contributed by atoms with Crippen LogP contribution in [0.3, 0.4) is 0 Å². The number of nitrogens with zero attached hydrogens (tertiary/aromatic N) is 2. The van der Waals surface area contributed by atoms with Crippen molar-refractivity contribution in [1.82, 2.24) is 5.32 Å². The number of aliphatic carboxylic acids is 1. The molecule has 0 spiro atoms. The lowest BCUT2D eigenvalue weighted by molar-refractivity contribution is -0.134. The quantitative estimate of drug-likeness (QED) is 0.221. The number of aliphatic imine (C=N–C) groups is 2. The van der Waals surface area contributed by atoms with Gasteiger partial charge >= 0.3 is 0 Å². The zero-order chi connectivity index (χ0) is 27.8. The highest BCUT2D eigenvalue weighted by Crippen LogP contribution is 2.28. The Kier molecular flexibility index (Phi) is 20.8. The minimum Gasteiger partial charge on any atom is -0.481 e. The maximum Gasteiger partial charge on any atom is 0.300 e. The number of carbonyl (C=O) groups is 1. The lowest BCUT2D eigenvalue weighted by atomic mass is 9.86. The molecular formula is C32H51N3O2. The van der Waals surface area contributed by atoms with E-state index in [1.54, 1.807) is 13.8 Å². The SMILES string of the molecule is CC#CC#CC#CC.CC(=O)O.CCCCCCCCCC1=NC(CCC2CCCCC2)=NC(C)(C)N1. The summed E-state index contributed by atoms with van der Waals surface area (Å²) in [5.41, 5.74) is -0.180. The van der Waals surface area contributed by atoms with Crippen LogP contribution in [0.4, 0.5) is 0 Å². The molecule has 1 aliphatic carbocycles. The van der Waals surface area contributed by atoms with E-state index < -0.39 is 5.97 Å². The fourth-order valence-corrected chi connectivity index (χ4v) is 4.39. The first kappa shape index (κ1) is 34.3. The van der Waals surface area contributed by atoms with E-state index in [-0.39, 0.29) is 5.66 Å². The molecule has 0 aromatic carbocycles. The van der Waals surface area contributed by atoms with Gasteiger partial charge in [-0.25, -0.2) is 9.98 Å². The molecule has 2 N–H and O–H groups in total. The molecule has 0 saturated heterocycles. The van der Waals surface area contributed by atoms with Crippen LogP contribution >= 0.6 is 0 Å². The Labute approximate surface area is 227 Å². The van der Waals surface area contributed by atoms with E-state index in [1.807, 2.05) is 0 Å². The highest BCUT2D eigenvalue weighted by molar-refractivity contribution is 5.99. The fourth-order valence-electron chi connectivity index (χ4n) is 4.39. The van der Waals surface area contributed by atoms with Gasteiger partial charge in [-0.1, -0.05) is 89.4 Å². The molecule has 1 saturated carbocycles. The second-order valence-electron chi connectivity index (χ2n) is 10.2. The molecule has 1 heterocycles. The second-order valence-corrected chi connectivity index (χ2v) is 10.2. The Hall–Kier alpha value is -2.71. The number of amidine groups is 2. The average molecular weight is 510 g/mol.